The van der Waals surface area contributed by atoms with Gasteiger partial charge in [0.15, 0.2) is 0 Å². The molecule has 0 radical (unpaired) electrons. The molecule has 0 aromatic heterocycles. The fraction of sp³-hybridized carbons (Fsp3) is 0.778. The molecule has 3 rings (SSSR count). The molecule has 0 aliphatic heterocycles. The highest BCUT2D eigenvalue weighted by Gasteiger charge is 2.51. The van der Waals surface area contributed by atoms with Crippen LogP contribution in [0.25, 0.3) is 0 Å². The van der Waals surface area contributed by atoms with Crippen molar-refractivity contribution in [3.8, 4) is 0 Å². The Morgan fingerprint density at radius 3 is 2.66 bits per heavy atom. The van der Waals surface area contributed by atoms with Crippen LogP contribution in [0, 0.1) is 23.7 Å². The van der Waals surface area contributed by atoms with Gasteiger partial charge >= 0.3 is 22.3 Å². The molecule has 0 spiro atoms. The van der Waals surface area contributed by atoms with Crippen molar-refractivity contribution in [2.45, 2.75) is 25.7 Å². The highest BCUT2D eigenvalue weighted by Crippen LogP contribution is 2.57. The monoisotopic (exact) mass is 432 g/mol. The second-order valence-electron chi connectivity index (χ2n) is 7.61. The van der Waals surface area contributed by atoms with E-state index in [0.717, 1.165) is 19.3 Å². The van der Waals surface area contributed by atoms with Gasteiger partial charge < -0.3 is 19.3 Å². The zero-order chi connectivity index (χ0) is 20.9. The van der Waals surface area contributed by atoms with Crippen LogP contribution in [0.5, 0.6) is 0 Å². The number of hydrogen-bond acceptors (Lipinski definition) is 7. The summed E-state index contributed by atoms with van der Waals surface area (Å²) in [7, 11) is -4.03. The molecular formula is C18H28N2O8S. The summed E-state index contributed by atoms with van der Waals surface area (Å²) in [6.45, 7) is 0.0562. The van der Waals surface area contributed by atoms with Crippen LogP contribution in [0.3, 0.4) is 0 Å². The number of carbonyl (C=O) groups is 2. The molecule has 10 nitrogen and oxygen atoms in total. The minimum absolute atomic E-state index is 0.0503. The average molecular weight is 432 g/mol. The molecule has 164 valence electrons. The topological polar surface area (TPSA) is 140 Å². The summed E-state index contributed by atoms with van der Waals surface area (Å²) in [6.07, 6.45) is 5.96. The molecule has 3 aliphatic rings. The molecule has 1 unspecified atom stereocenters. The highest BCUT2D eigenvalue weighted by molar-refractivity contribution is 7.88. The third kappa shape index (κ3) is 7.25. The van der Waals surface area contributed by atoms with E-state index in [2.05, 4.69) is 10.8 Å². The lowest BCUT2D eigenvalue weighted by molar-refractivity contribution is -0.142. The van der Waals surface area contributed by atoms with E-state index in [4.69, 9.17) is 19.3 Å². The van der Waals surface area contributed by atoms with E-state index in [-0.39, 0.29) is 33.0 Å². The van der Waals surface area contributed by atoms with E-state index in [1.807, 2.05) is 4.72 Å². The van der Waals surface area contributed by atoms with E-state index >= 15 is 0 Å². The van der Waals surface area contributed by atoms with Crippen molar-refractivity contribution in [1.29, 1.82) is 0 Å². The van der Waals surface area contributed by atoms with Crippen LogP contribution >= 0.6 is 0 Å². The van der Waals surface area contributed by atoms with E-state index in [1.54, 1.807) is 5.57 Å². The number of aliphatic carboxylic acids is 1. The third-order valence-electron chi connectivity index (χ3n) is 5.63. The van der Waals surface area contributed by atoms with E-state index in [0.29, 0.717) is 23.7 Å². The number of carboxylic acid groups (broad SMARTS) is 1. The number of fused-ring (bicyclic) bond motifs is 2. The van der Waals surface area contributed by atoms with Crippen molar-refractivity contribution in [3.05, 3.63) is 11.6 Å². The number of nitrogens with one attached hydrogen (secondary N) is 2. The number of carboxylic acids is 1. The van der Waals surface area contributed by atoms with Gasteiger partial charge in [-0.05, 0) is 49.4 Å². The Kier molecular flexibility index (Phi) is 7.49. The zero-order valence-corrected chi connectivity index (χ0v) is 17.0. The summed E-state index contributed by atoms with van der Waals surface area (Å²) in [4.78, 5) is 22.0. The Morgan fingerprint density at radius 1 is 1.10 bits per heavy atom. The van der Waals surface area contributed by atoms with Crippen LogP contribution in [0.4, 0.5) is 4.79 Å². The van der Waals surface area contributed by atoms with Gasteiger partial charge in [-0.15, -0.1) is 0 Å². The molecule has 0 bridgehead atoms. The first-order valence-corrected chi connectivity index (χ1v) is 11.4. The minimum Gasteiger partial charge on any atom is -0.480 e. The molecule has 1 amide bonds. The van der Waals surface area contributed by atoms with Crippen LogP contribution in [-0.4, -0.2) is 65.2 Å². The van der Waals surface area contributed by atoms with Gasteiger partial charge in [0.05, 0.1) is 26.4 Å². The van der Waals surface area contributed by atoms with Gasteiger partial charge in [-0.3, -0.25) is 0 Å². The van der Waals surface area contributed by atoms with Crippen LogP contribution in [0.15, 0.2) is 11.6 Å². The summed E-state index contributed by atoms with van der Waals surface area (Å²) in [5, 5.41) is 8.39. The van der Waals surface area contributed by atoms with E-state index in [1.165, 1.54) is 6.42 Å². The highest BCUT2D eigenvalue weighted by atomic mass is 32.2. The molecule has 0 aromatic rings. The van der Waals surface area contributed by atoms with Gasteiger partial charge in [0, 0.05) is 6.54 Å². The Bertz CT molecular complexity index is 738. The minimum atomic E-state index is -4.03. The van der Waals surface area contributed by atoms with E-state index < -0.39 is 28.9 Å². The van der Waals surface area contributed by atoms with Crippen molar-refractivity contribution in [2.24, 2.45) is 23.7 Å². The van der Waals surface area contributed by atoms with Crippen LogP contribution in [-0.2, 0) is 29.2 Å². The molecule has 11 heteroatoms. The standard InChI is InChI=1S/C18H28N2O8S/c21-17(22)11-27-8-7-26-6-5-19-29(24,25)20-18(23)28-10-16-14-3-1-12-9-13(12)2-4-15(14)16/h9,12,14-16,19H,1-8,10-11H2,(H,20,23)(H,21,22)/t12?,14-,15+,16-/m0/s1. The number of rotatable bonds is 12. The number of amides is 1. The molecule has 3 N–H and O–H groups in total. The predicted octanol–water partition coefficient (Wildman–Crippen LogP) is 0.657. The predicted molar refractivity (Wildman–Crippen MR) is 101 cm³/mol. The Morgan fingerprint density at radius 2 is 1.86 bits per heavy atom. The zero-order valence-electron chi connectivity index (χ0n) is 16.2. The fourth-order valence-corrected chi connectivity index (χ4v) is 4.76. The Labute approximate surface area is 170 Å². The molecule has 29 heavy (non-hydrogen) atoms. The maximum atomic E-state index is 11.8. The third-order valence-corrected chi connectivity index (χ3v) is 6.65. The van der Waals surface area contributed by atoms with Crippen molar-refractivity contribution < 1.29 is 37.3 Å². The summed E-state index contributed by atoms with van der Waals surface area (Å²) in [6, 6.07) is 0. The van der Waals surface area contributed by atoms with Gasteiger partial charge in [-0.25, -0.2) is 14.3 Å². The Hall–Kier alpha value is -1.69. The first kappa shape index (κ1) is 22.0. The van der Waals surface area contributed by atoms with Crippen molar-refractivity contribution in [1.82, 2.24) is 9.44 Å². The summed E-state index contributed by atoms with van der Waals surface area (Å²) >= 11 is 0. The van der Waals surface area contributed by atoms with E-state index in [9.17, 15) is 18.0 Å². The Balaban J connectivity index is 1.23. The lowest BCUT2D eigenvalue weighted by Crippen LogP contribution is -2.42. The quantitative estimate of drug-likeness (QED) is 0.302. The first-order chi connectivity index (χ1) is 13.9. The fourth-order valence-electron chi connectivity index (χ4n) is 4.06. The molecule has 0 saturated heterocycles. The second kappa shape index (κ2) is 9.88. The lowest BCUT2D eigenvalue weighted by atomic mass is 10.0. The molecule has 2 saturated carbocycles. The van der Waals surface area contributed by atoms with Crippen LogP contribution in [0.1, 0.15) is 25.7 Å². The largest absolute Gasteiger partial charge is 0.480 e. The number of carbonyl (C=O) groups excluding carboxylic acids is 1. The van der Waals surface area contributed by atoms with Gasteiger partial charge in [-0.2, -0.15) is 13.1 Å². The first-order valence-electron chi connectivity index (χ1n) is 9.88. The van der Waals surface area contributed by atoms with Crippen molar-refractivity contribution in [3.63, 3.8) is 0 Å². The van der Waals surface area contributed by atoms with Crippen molar-refractivity contribution >= 4 is 22.3 Å². The molecule has 2 fully saturated rings. The number of allylic oxidation sites excluding steroid dienone is 2. The SMILES string of the molecule is O=C(O)COCCOCCNS(=O)(=O)NC(=O)OC[C@@H]1[C@@H]2CCC3=CC3CC[C@@H]21. The summed E-state index contributed by atoms with van der Waals surface area (Å²) in [5.41, 5.74) is 1.57. The molecule has 0 heterocycles. The molecule has 3 aliphatic carbocycles. The smallest absolute Gasteiger partial charge is 0.421 e. The molecular weight excluding hydrogens is 404 g/mol. The lowest BCUT2D eigenvalue weighted by Gasteiger charge is -2.09. The maximum absolute atomic E-state index is 11.8. The van der Waals surface area contributed by atoms with Crippen LogP contribution < -0.4 is 9.44 Å². The average Bonchev–Trinajstić information content (AvgIpc) is 3.51. The van der Waals surface area contributed by atoms with Gasteiger partial charge in [-0.1, -0.05) is 11.6 Å². The summed E-state index contributed by atoms with van der Waals surface area (Å²) < 4.78 is 42.6. The van der Waals surface area contributed by atoms with Gasteiger partial charge in [0.1, 0.15) is 6.61 Å². The van der Waals surface area contributed by atoms with Crippen LogP contribution in [0.2, 0.25) is 0 Å². The molecule has 0 aromatic carbocycles. The molecule has 4 atom stereocenters. The number of ether oxygens (including phenoxy) is 3. The number of hydrogen-bond donors (Lipinski definition) is 3. The normalized spacial score (nSPS) is 27.5. The summed E-state index contributed by atoms with van der Waals surface area (Å²) in [5.74, 6) is 1.14. The maximum Gasteiger partial charge on any atom is 0.421 e. The second-order valence-corrected chi connectivity index (χ2v) is 9.11. The van der Waals surface area contributed by atoms with Gasteiger partial charge in [0.2, 0.25) is 0 Å². The van der Waals surface area contributed by atoms with Crippen molar-refractivity contribution in [2.75, 3.05) is 39.6 Å². The van der Waals surface area contributed by atoms with Gasteiger partial charge in [0.25, 0.3) is 0 Å².